The summed E-state index contributed by atoms with van der Waals surface area (Å²) in [6.07, 6.45) is 0. The first-order chi connectivity index (χ1) is 1.73. The summed E-state index contributed by atoms with van der Waals surface area (Å²) >= 11 is -3.79. The predicted molar refractivity (Wildman–Crippen MR) is 42.6 cm³/mol. The van der Waals surface area contributed by atoms with Gasteiger partial charge in [-0.2, -0.15) is 0 Å². The van der Waals surface area contributed by atoms with Crippen molar-refractivity contribution in [3.63, 3.8) is 0 Å². The van der Waals surface area contributed by atoms with Gasteiger partial charge in [0.1, 0.15) is 0 Å². The molecule has 0 spiro atoms. The molecule has 0 unspecified atom stereocenters. The average Bonchev–Trinajstić information content (AvgIpc) is 0.811. The van der Waals surface area contributed by atoms with Gasteiger partial charge in [0.05, 0.1) is 0 Å². The smallest absolute Gasteiger partial charge is 1.00 e. The van der Waals surface area contributed by atoms with Gasteiger partial charge in [-0.15, -0.1) is 0 Å². The molecule has 13 nitrogen and oxygen atoms in total. The molecule has 0 aliphatic heterocycles. The zero-order valence-electron chi connectivity index (χ0n) is 8.63. The summed E-state index contributed by atoms with van der Waals surface area (Å²) in [6, 6.07) is 0. The van der Waals surface area contributed by atoms with Gasteiger partial charge in [-0.3, -0.25) is 0 Å². The van der Waals surface area contributed by atoms with Crippen LogP contribution >= 0.6 is 0 Å². The van der Waals surface area contributed by atoms with E-state index in [1.807, 2.05) is 0 Å². The van der Waals surface area contributed by atoms with Crippen LogP contribution < -0.4 is 67.5 Å². The first-order valence-corrected chi connectivity index (χ1v) is 2.60. The molecular weight excluding hydrogens is 333 g/mol. The van der Waals surface area contributed by atoms with Crippen molar-refractivity contribution in [3.05, 3.63) is 0 Å². The third-order valence-electron chi connectivity index (χ3n) is 0. The van der Waals surface area contributed by atoms with E-state index in [0.717, 1.165) is 0 Å². The van der Waals surface area contributed by atoms with Crippen molar-refractivity contribution in [2.75, 3.05) is 0 Å². The van der Waals surface area contributed by atoms with Crippen LogP contribution in [0.25, 0.3) is 0 Å². The van der Waals surface area contributed by atoms with Crippen molar-refractivity contribution in [2.24, 2.45) is 0 Å². The molecule has 0 aliphatic carbocycles. The van der Waals surface area contributed by atoms with Crippen molar-refractivity contribution in [3.8, 4) is 0 Å². The summed E-state index contributed by atoms with van der Waals surface area (Å²) in [4.78, 5) is 0. The van der Waals surface area contributed by atoms with Crippen molar-refractivity contribution in [1.82, 2.24) is 0 Å². The van der Waals surface area contributed by atoms with E-state index < -0.39 is 14.5 Å². The van der Waals surface area contributed by atoms with Crippen LogP contribution in [0.2, 0.25) is 0 Å². The molecule has 0 saturated carbocycles. The zero-order chi connectivity index (χ0) is 3.58. The summed E-state index contributed by atoms with van der Waals surface area (Å²) in [6.45, 7) is 0. The predicted octanol–water partition coefficient (Wildman–Crippen LogP) is -17.1. The molecule has 0 aromatic rings. The Kier molecular flexibility index (Phi) is 2440. The van der Waals surface area contributed by atoms with Crippen molar-refractivity contribution in [1.29, 1.82) is 0 Å². The van der Waals surface area contributed by atoms with Crippen LogP contribution in [0.4, 0.5) is 0 Å². The third kappa shape index (κ3) is 1030. The Morgan fingerprint density at radius 3 is 0.500 bits per heavy atom. The van der Waals surface area contributed by atoms with Gasteiger partial charge in [0.2, 0.25) is 0 Å². The van der Waals surface area contributed by atoms with E-state index in [9.17, 15) is 0 Å². The molecule has 106 valence electrons. The van der Waals surface area contributed by atoms with Crippen LogP contribution in [0.15, 0.2) is 0 Å². The van der Waals surface area contributed by atoms with E-state index in [2.05, 4.69) is 0 Å². The summed E-state index contributed by atoms with van der Waals surface area (Å²) in [5, 5.41) is 0. The molecule has 0 rings (SSSR count). The summed E-state index contributed by atoms with van der Waals surface area (Å²) < 4.78 is 25.6. The maximum absolute atomic E-state index is 8.54. The fourth-order valence-corrected chi connectivity index (χ4v) is 0. The molecule has 0 atom stereocenters. The van der Waals surface area contributed by atoms with Gasteiger partial charge in [0.15, 0.2) is 0 Å². The number of hydrogen-bond donors (Lipinski definition) is 0. The molecule has 20 N–H and O–H groups in total. The topological polar surface area (TPSA) is 378 Å². The van der Waals surface area contributed by atoms with Gasteiger partial charge in [-0.05, 0) is 0 Å². The Labute approximate surface area is 139 Å². The van der Waals surface area contributed by atoms with Gasteiger partial charge in [-0.1, -0.05) is 0 Å². The van der Waals surface area contributed by atoms with Gasteiger partial charge in [0.25, 0.3) is 0 Å². The largest absolute Gasteiger partial charge is 1.00 e. The van der Waals surface area contributed by atoms with Crippen LogP contribution in [0.1, 0.15) is 0 Å². The van der Waals surface area contributed by atoms with E-state index in [4.69, 9.17) is 12.2 Å². The van der Waals surface area contributed by atoms with Crippen LogP contribution in [-0.2, 0) is 3.83 Å². The van der Waals surface area contributed by atoms with E-state index in [-0.39, 0.29) is 114 Å². The zero-order valence-corrected chi connectivity index (χ0v) is 14.3. The first kappa shape index (κ1) is 216. The van der Waals surface area contributed by atoms with Gasteiger partial charge < -0.3 is 54.8 Å². The molecule has 0 radical (unpaired) electrons. The average molecular weight is 353 g/mol. The van der Waals surface area contributed by atoms with Crippen molar-refractivity contribution >= 4 is 14.5 Å². The van der Waals surface area contributed by atoms with Gasteiger partial charge >= 0.3 is 85.8 Å². The Morgan fingerprint density at radius 1 is 0.500 bits per heavy atom. The summed E-state index contributed by atoms with van der Waals surface area (Å²) in [7, 11) is 0. The Morgan fingerprint density at radius 2 is 0.500 bits per heavy atom. The van der Waals surface area contributed by atoms with Gasteiger partial charge in [-0.25, -0.2) is 0 Å². The quantitative estimate of drug-likeness (QED) is 0.383. The minimum Gasteiger partial charge on any atom is 1.00 e. The standard InChI is InChI=1S/2Na.H2O3Se.10H2O/c;;1-4(2)3;;;;;;;;;;/h;;(H2,1,2,3);10*1H2/q2*+1;;;;;;;;;;;/p-2. The molecule has 0 aliphatic rings. The second kappa shape index (κ2) is 180. The number of hydrogen-bond acceptors (Lipinski definition) is 3. The second-order valence-corrected chi connectivity index (χ2v) is 1.06. The molecular formula is H20Na2O13Se. The summed E-state index contributed by atoms with van der Waals surface area (Å²) in [5.74, 6) is 0. The van der Waals surface area contributed by atoms with Crippen molar-refractivity contribution in [2.45, 2.75) is 0 Å². The molecule has 16 heavy (non-hydrogen) atoms. The maximum atomic E-state index is 8.54. The minimum absolute atomic E-state index is 0. The maximum Gasteiger partial charge on any atom is 1.00 e. The van der Waals surface area contributed by atoms with E-state index in [1.54, 1.807) is 0 Å². The summed E-state index contributed by atoms with van der Waals surface area (Å²) in [5.41, 5.74) is 0. The molecule has 0 saturated heterocycles. The normalized spacial score (nSPS) is 2.19. The van der Waals surface area contributed by atoms with Crippen LogP contribution in [0, 0.1) is 0 Å². The second-order valence-electron chi connectivity index (χ2n) is 0.204. The third-order valence-corrected chi connectivity index (χ3v) is 0. The van der Waals surface area contributed by atoms with E-state index in [0.29, 0.717) is 0 Å². The van der Waals surface area contributed by atoms with E-state index in [1.165, 1.54) is 0 Å². The molecule has 16 heteroatoms. The van der Waals surface area contributed by atoms with Crippen LogP contribution in [0.5, 0.6) is 0 Å². The SMILES string of the molecule is O.O.O.O.O.O.O.O.O.O.O=[Se]([O-])[O-].[Na+].[Na+]. The monoisotopic (exact) mass is 354 g/mol. The Balaban J connectivity index is -0.000000000682. The number of rotatable bonds is 0. The molecule has 0 fully saturated rings. The Hall–Kier alpha value is 1.84. The van der Waals surface area contributed by atoms with E-state index >= 15 is 0 Å². The molecule has 0 amide bonds. The minimum atomic E-state index is -3.79. The Bertz CT molecular complexity index is 36.9. The molecule has 0 heterocycles. The fraction of sp³-hybridized carbons (Fsp3) is 0. The van der Waals surface area contributed by atoms with Crippen LogP contribution in [0.3, 0.4) is 0 Å². The van der Waals surface area contributed by atoms with Crippen LogP contribution in [-0.4, -0.2) is 69.3 Å². The fourth-order valence-electron chi connectivity index (χ4n) is 0. The van der Waals surface area contributed by atoms with Crippen molar-refractivity contribution < 1.29 is 126 Å². The van der Waals surface area contributed by atoms with Gasteiger partial charge in [0, 0.05) is 0 Å². The molecule has 0 aromatic heterocycles. The first-order valence-electron chi connectivity index (χ1n) is 0.500. The molecule has 0 aromatic carbocycles. The molecule has 0 bridgehead atoms.